The van der Waals surface area contributed by atoms with Gasteiger partial charge >= 0.3 is 0 Å². The van der Waals surface area contributed by atoms with Gasteiger partial charge in [0.15, 0.2) is 0 Å². The third-order valence-electron chi connectivity index (χ3n) is 4.25. The van der Waals surface area contributed by atoms with Crippen molar-refractivity contribution < 1.29 is 9.59 Å². The average Bonchev–Trinajstić information content (AvgIpc) is 2.56. The molecule has 2 rings (SSSR count). The normalized spacial score (nSPS) is 16.7. The molecular weight excluding hydrogens is 292 g/mol. The maximum Gasteiger partial charge on any atom is 0.243 e. The van der Waals surface area contributed by atoms with Crippen molar-refractivity contribution in [2.24, 2.45) is 0 Å². The van der Waals surface area contributed by atoms with Gasteiger partial charge in [-0.2, -0.15) is 0 Å². The number of piperazine rings is 1. The molecule has 1 aliphatic rings. The van der Waals surface area contributed by atoms with E-state index in [1.165, 1.54) is 0 Å². The van der Waals surface area contributed by atoms with Gasteiger partial charge in [-0.15, -0.1) is 0 Å². The molecule has 1 aromatic rings. The zero-order valence-corrected chi connectivity index (χ0v) is 14.1. The van der Waals surface area contributed by atoms with Gasteiger partial charge < -0.3 is 16.0 Å². The Kier molecular flexibility index (Phi) is 6.12. The number of amides is 2. The molecular formula is C17H26N4O2. The van der Waals surface area contributed by atoms with Crippen molar-refractivity contribution in [3.63, 3.8) is 0 Å². The summed E-state index contributed by atoms with van der Waals surface area (Å²) in [6, 6.07) is 5.64. The highest BCUT2D eigenvalue weighted by Crippen LogP contribution is 2.18. The molecule has 1 saturated heterocycles. The third kappa shape index (κ3) is 4.77. The minimum atomic E-state index is -0.218. The van der Waals surface area contributed by atoms with E-state index < -0.39 is 0 Å². The summed E-state index contributed by atoms with van der Waals surface area (Å²) in [5, 5.41) is 8.86. The Bertz CT molecular complexity index is 547. The van der Waals surface area contributed by atoms with E-state index in [9.17, 15) is 9.59 Å². The number of benzene rings is 1. The monoisotopic (exact) mass is 318 g/mol. The number of rotatable bonds is 5. The van der Waals surface area contributed by atoms with Crippen LogP contribution in [0.2, 0.25) is 0 Å². The Morgan fingerprint density at radius 1 is 1.22 bits per heavy atom. The largest absolute Gasteiger partial charge is 0.346 e. The smallest absolute Gasteiger partial charge is 0.243 e. The number of nitrogens with one attached hydrogen (secondary N) is 3. The van der Waals surface area contributed by atoms with Gasteiger partial charge in [0.05, 0.1) is 12.6 Å². The molecule has 6 nitrogen and oxygen atoms in total. The van der Waals surface area contributed by atoms with Crippen LogP contribution in [0.25, 0.3) is 0 Å². The van der Waals surface area contributed by atoms with Crippen LogP contribution in [0.3, 0.4) is 0 Å². The number of aryl methyl sites for hydroxylation is 2. The molecule has 1 aliphatic heterocycles. The molecule has 0 radical (unpaired) electrons. The molecule has 0 aliphatic carbocycles. The lowest BCUT2D eigenvalue weighted by molar-refractivity contribution is -0.128. The van der Waals surface area contributed by atoms with Crippen molar-refractivity contribution in [1.29, 1.82) is 0 Å². The number of carbonyl (C=O) groups excluding carboxylic acids is 2. The van der Waals surface area contributed by atoms with Crippen molar-refractivity contribution in [2.45, 2.75) is 26.8 Å². The van der Waals surface area contributed by atoms with Gasteiger partial charge in [0.25, 0.3) is 0 Å². The maximum atomic E-state index is 12.2. The summed E-state index contributed by atoms with van der Waals surface area (Å²) in [5.74, 6) is -0.313. The lowest BCUT2D eigenvalue weighted by atomic mass is 10.1. The van der Waals surface area contributed by atoms with Gasteiger partial charge in [-0.05, 0) is 31.9 Å². The Labute approximate surface area is 137 Å². The van der Waals surface area contributed by atoms with Gasteiger partial charge in [0.2, 0.25) is 11.8 Å². The number of para-hydroxylation sites is 1. The van der Waals surface area contributed by atoms with Crippen molar-refractivity contribution in [3.05, 3.63) is 29.3 Å². The van der Waals surface area contributed by atoms with Crippen LogP contribution >= 0.6 is 0 Å². The van der Waals surface area contributed by atoms with Crippen LogP contribution < -0.4 is 16.0 Å². The summed E-state index contributed by atoms with van der Waals surface area (Å²) >= 11 is 0. The lowest BCUT2D eigenvalue weighted by Gasteiger charge is -2.31. The van der Waals surface area contributed by atoms with Gasteiger partial charge in [0, 0.05) is 31.9 Å². The molecule has 1 heterocycles. The van der Waals surface area contributed by atoms with Crippen molar-refractivity contribution in [1.82, 2.24) is 15.5 Å². The molecule has 126 valence electrons. The second-order valence-electron chi connectivity index (χ2n) is 5.99. The van der Waals surface area contributed by atoms with Crippen molar-refractivity contribution in [3.8, 4) is 0 Å². The first-order chi connectivity index (χ1) is 11.0. The molecule has 6 heteroatoms. The quantitative estimate of drug-likeness (QED) is 0.745. The fourth-order valence-electron chi connectivity index (χ4n) is 2.75. The lowest BCUT2D eigenvalue weighted by Crippen LogP contribution is -2.53. The summed E-state index contributed by atoms with van der Waals surface area (Å²) in [6.07, 6.45) is 0. The number of carbonyl (C=O) groups is 2. The second kappa shape index (κ2) is 8.08. The Morgan fingerprint density at radius 3 is 2.43 bits per heavy atom. The van der Waals surface area contributed by atoms with E-state index in [1.807, 2.05) is 39.0 Å². The minimum absolute atomic E-state index is 0.0109. The van der Waals surface area contributed by atoms with Gasteiger partial charge in [-0.1, -0.05) is 18.2 Å². The van der Waals surface area contributed by atoms with E-state index in [2.05, 4.69) is 20.9 Å². The molecule has 1 fully saturated rings. The van der Waals surface area contributed by atoms with Crippen molar-refractivity contribution >= 4 is 17.5 Å². The average molecular weight is 318 g/mol. The summed E-state index contributed by atoms with van der Waals surface area (Å²) in [5.41, 5.74) is 2.85. The molecule has 0 bridgehead atoms. The molecule has 1 aromatic carbocycles. The molecule has 0 spiro atoms. The first-order valence-electron chi connectivity index (χ1n) is 8.07. The molecule has 0 aromatic heterocycles. The fraction of sp³-hybridized carbons (Fsp3) is 0.529. The van der Waals surface area contributed by atoms with Crippen LogP contribution in [0.1, 0.15) is 18.1 Å². The van der Waals surface area contributed by atoms with E-state index in [4.69, 9.17) is 0 Å². The summed E-state index contributed by atoms with van der Waals surface area (Å²) < 4.78 is 0. The van der Waals surface area contributed by atoms with Crippen LogP contribution in [0, 0.1) is 13.8 Å². The highest BCUT2D eigenvalue weighted by molar-refractivity contribution is 5.96. The van der Waals surface area contributed by atoms with Crippen LogP contribution in [-0.4, -0.2) is 55.5 Å². The molecule has 23 heavy (non-hydrogen) atoms. The van der Waals surface area contributed by atoms with Crippen LogP contribution in [0.5, 0.6) is 0 Å². The minimum Gasteiger partial charge on any atom is -0.346 e. The van der Waals surface area contributed by atoms with Crippen LogP contribution in [-0.2, 0) is 9.59 Å². The number of hydrogen-bond donors (Lipinski definition) is 3. The van der Waals surface area contributed by atoms with Gasteiger partial charge in [-0.3, -0.25) is 14.5 Å². The second-order valence-corrected chi connectivity index (χ2v) is 5.99. The number of hydrogen-bond acceptors (Lipinski definition) is 4. The Hall–Kier alpha value is -1.92. The molecule has 1 unspecified atom stereocenters. The molecule has 3 N–H and O–H groups in total. The summed E-state index contributed by atoms with van der Waals surface area (Å²) in [7, 11) is 0. The highest BCUT2D eigenvalue weighted by atomic mass is 16.2. The zero-order valence-electron chi connectivity index (χ0n) is 14.1. The predicted octanol–water partition coefficient (Wildman–Crippen LogP) is 0.652. The predicted molar refractivity (Wildman–Crippen MR) is 91.5 cm³/mol. The number of anilines is 1. The summed E-state index contributed by atoms with van der Waals surface area (Å²) in [6.45, 7) is 9.26. The van der Waals surface area contributed by atoms with E-state index >= 15 is 0 Å². The van der Waals surface area contributed by atoms with Gasteiger partial charge in [0.1, 0.15) is 0 Å². The van der Waals surface area contributed by atoms with E-state index in [1.54, 1.807) is 0 Å². The Balaban J connectivity index is 1.82. The summed E-state index contributed by atoms with van der Waals surface area (Å²) in [4.78, 5) is 26.4. The van der Waals surface area contributed by atoms with Crippen LogP contribution in [0.4, 0.5) is 5.69 Å². The van der Waals surface area contributed by atoms with Crippen molar-refractivity contribution in [2.75, 3.05) is 38.0 Å². The van der Waals surface area contributed by atoms with E-state index in [0.29, 0.717) is 0 Å². The first-order valence-corrected chi connectivity index (χ1v) is 8.07. The maximum absolute atomic E-state index is 12.2. The SMILES string of the molecule is Cc1cccc(C)c1NC(=O)CNC(=O)C(C)N1CCNCC1. The van der Waals surface area contributed by atoms with E-state index in [-0.39, 0.29) is 24.4 Å². The van der Waals surface area contributed by atoms with Gasteiger partial charge in [-0.25, -0.2) is 0 Å². The topological polar surface area (TPSA) is 73.5 Å². The molecule has 0 saturated carbocycles. The van der Waals surface area contributed by atoms with E-state index in [0.717, 1.165) is 43.0 Å². The highest BCUT2D eigenvalue weighted by Gasteiger charge is 2.22. The molecule has 1 atom stereocenters. The molecule has 2 amide bonds. The standard InChI is InChI=1S/C17H26N4O2/c1-12-5-4-6-13(2)16(12)20-15(22)11-19-17(23)14(3)21-9-7-18-8-10-21/h4-6,14,18H,7-11H2,1-3H3,(H,19,23)(H,20,22). The Morgan fingerprint density at radius 2 is 1.83 bits per heavy atom. The fourth-order valence-corrected chi connectivity index (χ4v) is 2.75. The zero-order chi connectivity index (χ0) is 16.8. The first kappa shape index (κ1) is 17.4. The third-order valence-corrected chi connectivity index (χ3v) is 4.25. The van der Waals surface area contributed by atoms with Crippen LogP contribution in [0.15, 0.2) is 18.2 Å². The number of nitrogens with zero attached hydrogens (tertiary/aromatic N) is 1.